The van der Waals surface area contributed by atoms with Gasteiger partial charge in [-0.15, -0.1) is 6.58 Å². The van der Waals surface area contributed by atoms with Crippen LogP contribution in [0, 0.1) is 5.92 Å². The number of esters is 1. The molecule has 0 bridgehead atoms. The molecule has 0 saturated carbocycles. The fourth-order valence-corrected chi connectivity index (χ4v) is 3.88. The SMILES string of the molecule is C=C(C)CC(NC(=O)c1ccccc1)C(=O)CC(C)C(=O)N1CCC[C@H]1C(=O)OC(C)(C)C. The quantitative estimate of drug-likeness (QED) is 0.452. The van der Waals surface area contributed by atoms with E-state index in [0.29, 0.717) is 31.4 Å². The van der Waals surface area contributed by atoms with Gasteiger partial charge in [-0.25, -0.2) is 4.79 Å². The summed E-state index contributed by atoms with van der Waals surface area (Å²) in [7, 11) is 0. The molecule has 180 valence electrons. The van der Waals surface area contributed by atoms with E-state index < -0.39 is 29.6 Å². The summed E-state index contributed by atoms with van der Waals surface area (Å²) in [6, 6.07) is 7.26. The van der Waals surface area contributed by atoms with E-state index in [4.69, 9.17) is 4.74 Å². The summed E-state index contributed by atoms with van der Waals surface area (Å²) in [6.07, 6.45) is 1.51. The molecule has 1 fully saturated rings. The molecule has 1 saturated heterocycles. The lowest BCUT2D eigenvalue weighted by Crippen LogP contribution is -2.47. The van der Waals surface area contributed by atoms with Gasteiger partial charge in [-0.05, 0) is 59.1 Å². The molecule has 0 radical (unpaired) electrons. The van der Waals surface area contributed by atoms with Crippen LogP contribution < -0.4 is 5.32 Å². The minimum Gasteiger partial charge on any atom is -0.458 e. The number of amides is 2. The number of nitrogens with zero attached hydrogens (tertiary/aromatic N) is 1. The molecule has 1 aromatic rings. The number of hydrogen-bond donors (Lipinski definition) is 1. The molecule has 2 unspecified atom stereocenters. The fraction of sp³-hybridized carbons (Fsp3) is 0.538. The summed E-state index contributed by atoms with van der Waals surface area (Å²) in [6.45, 7) is 13.2. The van der Waals surface area contributed by atoms with Crippen molar-refractivity contribution in [2.75, 3.05) is 6.54 Å². The van der Waals surface area contributed by atoms with Gasteiger partial charge in [0.25, 0.3) is 5.91 Å². The van der Waals surface area contributed by atoms with Crippen LogP contribution in [0.3, 0.4) is 0 Å². The molecule has 2 rings (SSSR count). The standard InChI is InChI=1S/C26H36N2O5/c1-17(2)15-20(27-23(30)19-11-8-7-9-12-19)22(29)16-18(3)24(31)28-14-10-13-21(28)25(32)33-26(4,5)6/h7-9,11-12,18,20-21H,1,10,13-16H2,2-6H3,(H,27,30)/t18?,20?,21-/m0/s1. The predicted octanol–water partition coefficient (Wildman–Crippen LogP) is 3.68. The molecule has 1 aromatic carbocycles. The third-order valence-electron chi connectivity index (χ3n) is 5.43. The van der Waals surface area contributed by atoms with Crippen molar-refractivity contribution < 1.29 is 23.9 Å². The summed E-state index contributed by atoms with van der Waals surface area (Å²) in [5, 5.41) is 2.78. The van der Waals surface area contributed by atoms with Gasteiger partial charge in [-0.3, -0.25) is 14.4 Å². The molecule has 1 N–H and O–H groups in total. The van der Waals surface area contributed by atoms with Crippen LogP contribution in [0.1, 0.15) is 70.7 Å². The monoisotopic (exact) mass is 456 g/mol. The van der Waals surface area contributed by atoms with Crippen molar-refractivity contribution in [3.63, 3.8) is 0 Å². The average molecular weight is 457 g/mol. The van der Waals surface area contributed by atoms with E-state index in [9.17, 15) is 19.2 Å². The summed E-state index contributed by atoms with van der Waals surface area (Å²) >= 11 is 0. The number of nitrogens with one attached hydrogen (secondary N) is 1. The third-order valence-corrected chi connectivity index (χ3v) is 5.43. The van der Waals surface area contributed by atoms with Crippen molar-refractivity contribution in [2.45, 2.75) is 78.0 Å². The zero-order valence-corrected chi connectivity index (χ0v) is 20.3. The van der Waals surface area contributed by atoms with E-state index in [2.05, 4.69) is 11.9 Å². The first-order valence-corrected chi connectivity index (χ1v) is 11.5. The topological polar surface area (TPSA) is 92.8 Å². The number of ether oxygens (including phenoxy) is 1. The predicted molar refractivity (Wildman–Crippen MR) is 126 cm³/mol. The van der Waals surface area contributed by atoms with Crippen molar-refractivity contribution in [1.29, 1.82) is 0 Å². The van der Waals surface area contributed by atoms with E-state index in [1.807, 2.05) is 6.07 Å². The van der Waals surface area contributed by atoms with Crippen molar-refractivity contribution in [1.82, 2.24) is 10.2 Å². The first-order chi connectivity index (χ1) is 15.4. The first kappa shape index (κ1) is 26.3. The molecule has 7 nitrogen and oxygen atoms in total. The number of likely N-dealkylation sites (tertiary alicyclic amines) is 1. The lowest BCUT2D eigenvalue weighted by Gasteiger charge is -2.29. The van der Waals surface area contributed by atoms with E-state index >= 15 is 0 Å². The van der Waals surface area contributed by atoms with Gasteiger partial charge in [0.15, 0.2) is 5.78 Å². The number of Topliss-reactive ketones (excluding diaryl/α,β-unsaturated/α-hetero) is 1. The maximum absolute atomic E-state index is 13.1. The number of hydrogen-bond acceptors (Lipinski definition) is 5. The molecule has 0 aliphatic carbocycles. The Morgan fingerprint density at radius 3 is 2.36 bits per heavy atom. The van der Waals surface area contributed by atoms with Gasteiger partial charge < -0.3 is 15.0 Å². The summed E-state index contributed by atoms with van der Waals surface area (Å²) in [5.74, 6) is -1.88. The van der Waals surface area contributed by atoms with Crippen LogP contribution in [0.5, 0.6) is 0 Å². The zero-order valence-electron chi connectivity index (χ0n) is 20.3. The van der Waals surface area contributed by atoms with E-state index in [-0.39, 0.29) is 24.0 Å². The Morgan fingerprint density at radius 2 is 1.79 bits per heavy atom. The van der Waals surface area contributed by atoms with Crippen LogP contribution in [0.25, 0.3) is 0 Å². The highest BCUT2D eigenvalue weighted by molar-refractivity contribution is 5.99. The van der Waals surface area contributed by atoms with Crippen molar-refractivity contribution in [3.8, 4) is 0 Å². The average Bonchev–Trinajstić information content (AvgIpc) is 3.21. The van der Waals surface area contributed by atoms with Gasteiger partial charge >= 0.3 is 5.97 Å². The molecule has 33 heavy (non-hydrogen) atoms. The third kappa shape index (κ3) is 7.84. The Hall–Kier alpha value is -2.96. The summed E-state index contributed by atoms with van der Waals surface area (Å²) < 4.78 is 5.47. The van der Waals surface area contributed by atoms with Crippen LogP contribution in [0.4, 0.5) is 0 Å². The van der Waals surface area contributed by atoms with Crippen molar-refractivity contribution in [2.24, 2.45) is 5.92 Å². The van der Waals surface area contributed by atoms with Crippen molar-refractivity contribution >= 4 is 23.6 Å². The van der Waals surface area contributed by atoms with E-state index in [1.165, 1.54) is 4.90 Å². The zero-order chi connectivity index (χ0) is 24.8. The van der Waals surface area contributed by atoms with Crippen LogP contribution in [-0.4, -0.2) is 52.7 Å². The Labute approximate surface area is 196 Å². The van der Waals surface area contributed by atoms with Crippen LogP contribution in [0.15, 0.2) is 42.5 Å². The molecule has 1 heterocycles. The van der Waals surface area contributed by atoms with E-state index in [1.54, 1.807) is 58.9 Å². The van der Waals surface area contributed by atoms with E-state index in [0.717, 1.165) is 5.57 Å². The minimum atomic E-state index is -0.773. The van der Waals surface area contributed by atoms with Crippen LogP contribution in [0.2, 0.25) is 0 Å². The fourth-order valence-electron chi connectivity index (χ4n) is 3.88. The highest BCUT2D eigenvalue weighted by atomic mass is 16.6. The Morgan fingerprint density at radius 1 is 1.15 bits per heavy atom. The van der Waals surface area contributed by atoms with Crippen LogP contribution >= 0.6 is 0 Å². The van der Waals surface area contributed by atoms with Crippen LogP contribution in [-0.2, 0) is 19.1 Å². The number of carbonyl (C=O) groups excluding carboxylic acids is 4. The maximum Gasteiger partial charge on any atom is 0.329 e. The Bertz CT molecular complexity index is 888. The van der Waals surface area contributed by atoms with Gasteiger partial charge in [-0.1, -0.05) is 30.7 Å². The lowest BCUT2D eigenvalue weighted by atomic mass is 9.95. The number of ketones is 1. The maximum atomic E-state index is 13.1. The Balaban J connectivity index is 2.05. The van der Waals surface area contributed by atoms with Gasteiger partial charge in [0.2, 0.25) is 5.91 Å². The molecular formula is C26H36N2O5. The molecular weight excluding hydrogens is 420 g/mol. The van der Waals surface area contributed by atoms with Gasteiger partial charge in [0, 0.05) is 24.4 Å². The molecule has 1 aliphatic rings. The van der Waals surface area contributed by atoms with Gasteiger partial charge in [0.1, 0.15) is 11.6 Å². The normalized spacial score (nSPS) is 17.7. The Kier molecular flexibility index (Phi) is 8.97. The lowest BCUT2D eigenvalue weighted by molar-refractivity contribution is -0.163. The number of carbonyl (C=O) groups is 4. The van der Waals surface area contributed by atoms with Gasteiger partial charge in [-0.2, -0.15) is 0 Å². The smallest absolute Gasteiger partial charge is 0.329 e. The highest BCUT2D eigenvalue weighted by Crippen LogP contribution is 2.24. The molecule has 7 heteroatoms. The highest BCUT2D eigenvalue weighted by Gasteiger charge is 2.39. The van der Waals surface area contributed by atoms with Gasteiger partial charge in [0.05, 0.1) is 6.04 Å². The number of rotatable bonds is 9. The second kappa shape index (κ2) is 11.3. The molecule has 2 amide bonds. The summed E-state index contributed by atoms with van der Waals surface area (Å²) in [5.41, 5.74) is 0.575. The van der Waals surface area contributed by atoms with Crippen molar-refractivity contribution in [3.05, 3.63) is 48.0 Å². The largest absolute Gasteiger partial charge is 0.458 e. The second-order valence-electron chi connectivity index (χ2n) is 9.85. The molecule has 0 aromatic heterocycles. The molecule has 3 atom stereocenters. The molecule has 1 aliphatic heterocycles. The number of benzene rings is 1. The first-order valence-electron chi connectivity index (χ1n) is 11.5. The minimum absolute atomic E-state index is 0.0383. The second-order valence-corrected chi connectivity index (χ2v) is 9.85. The summed E-state index contributed by atoms with van der Waals surface area (Å²) in [4.78, 5) is 52.8. The molecule has 0 spiro atoms.